The summed E-state index contributed by atoms with van der Waals surface area (Å²) < 4.78 is 5.30. The van der Waals surface area contributed by atoms with Gasteiger partial charge >= 0.3 is 0 Å². The highest BCUT2D eigenvalue weighted by atomic mass is 16.5. The average Bonchev–Trinajstić information content (AvgIpc) is 2.78. The van der Waals surface area contributed by atoms with Crippen LogP contribution in [0, 0.1) is 0 Å². The zero-order valence-corrected chi connectivity index (χ0v) is 10.2. The zero-order chi connectivity index (χ0) is 11.5. The van der Waals surface area contributed by atoms with E-state index in [0.29, 0.717) is 5.92 Å². The van der Waals surface area contributed by atoms with Crippen molar-refractivity contribution in [2.75, 3.05) is 26.7 Å². The van der Waals surface area contributed by atoms with Gasteiger partial charge in [-0.2, -0.15) is 4.98 Å². The second-order valence-electron chi connectivity index (χ2n) is 4.50. The summed E-state index contributed by atoms with van der Waals surface area (Å²) in [4.78, 5) is 6.76. The van der Waals surface area contributed by atoms with Crippen molar-refractivity contribution in [1.82, 2.24) is 20.4 Å². The molecule has 0 aliphatic carbocycles. The van der Waals surface area contributed by atoms with Gasteiger partial charge in [0.25, 0.3) is 0 Å². The molecule has 2 rings (SSSR count). The molecule has 1 saturated heterocycles. The van der Waals surface area contributed by atoms with Crippen LogP contribution in [0.1, 0.15) is 43.9 Å². The van der Waals surface area contributed by atoms with Crippen molar-refractivity contribution in [2.45, 2.75) is 32.2 Å². The number of likely N-dealkylation sites (N-methyl/N-ethyl adjacent to an activating group) is 1. The molecule has 90 valence electrons. The SMILES string of the molecule is CCC(C)c1nc(C2CNCCN2C)no1. The van der Waals surface area contributed by atoms with Crippen LogP contribution in [-0.2, 0) is 0 Å². The van der Waals surface area contributed by atoms with Crippen molar-refractivity contribution in [2.24, 2.45) is 0 Å². The van der Waals surface area contributed by atoms with Gasteiger partial charge in [-0.05, 0) is 13.5 Å². The van der Waals surface area contributed by atoms with E-state index in [1.54, 1.807) is 0 Å². The maximum atomic E-state index is 5.30. The molecule has 1 aliphatic heterocycles. The third-order valence-electron chi connectivity index (χ3n) is 3.30. The van der Waals surface area contributed by atoms with Crippen molar-refractivity contribution >= 4 is 0 Å². The first-order chi connectivity index (χ1) is 7.72. The van der Waals surface area contributed by atoms with Gasteiger partial charge in [-0.3, -0.25) is 4.90 Å². The molecule has 1 N–H and O–H groups in total. The number of rotatable bonds is 3. The van der Waals surface area contributed by atoms with Gasteiger partial charge in [0, 0.05) is 25.6 Å². The molecule has 0 aromatic carbocycles. The van der Waals surface area contributed by atoms with Gasteiger partial charge in [-0.25, -0.2) is 0 Å². The second kappa shape index (κ2) is 4.93. The molecule has 5 heteroatoms. The van der Waals surface area contributed by atoms with Crippen LogP contribution >= 0.6 is 0 Å². The van der Waals surface area contributed by atoms with Gasteiger partial charge in [0.15, 0.2) is 5.82 Å². The minimum Gasteiger partial charge on any atom is -0.339 e. The summed E-state index contributed by atoms with van der Waals surface area (Å²) in [5.41, 5.74) is 0. The largest absolute Gasteiger partial charge is 0.339 e. The van der Waals surface area contributed by atoms with Crippen molar-refractivity contribution in [3.05, 3.63) is 11.7 Å². The average molecular weight is 224 g/mol. The Labute approximate surface area is 96.2 Å². The van der Waals surface area contributed by atoms with E-state index in [1.165, 1.54) is 0 Å². The summed E-state index contributed by atoms with van der Waals surface area (Å²) in [6.07, 6.45) is 1.03. The fraction of sp³-hybridized carbons (Fsp3) is 0.818. The molecule has 1 aliphatic rings. The van der Waals surface area contributed by atoms with Crippen molar-refractivity contribution in [3.8, 4) is 0 Å². The summed E-state index contributed by atoms with van der Waals surface area (Å²) in [6.45, 7) is 7.19. The normalized spacial score (nSPS) is 24.6. The first-order valence-electron chi connectivity index (χ1n) is 5.96. The van der Waals surface area contributed by atoms with Crippen LogP contribution in [0.3, 0.4) is 0 Å². The maximum Gasteiger partial charge on any atom is 0.229 e. The van der Waals surface area contributed by atoms with E-state index >= 15 is 0 Å². The van der Waals surface area contributed by atoms with Crippen molar-refractivity contribution in [1.29, 1.82) is 0 Å². The van der Waals surface area contributed by atoms with Crippen LogP contribution < -0.4 is 5.32 Å². The molecular weight excluding hydrogens is 204 g/mol. The molecule has 1 aromatic heterocycles. The van der Waals surface area contributed by atoms with Gasteiger partial charge in [0.1, 0.15) is 0 Å². The van der Waals surface area contributed by atoms with Crippen molar-refractivity contribution < 1.29 is 4.52 Å². The number of nitrogens with zero attached hydrogens (tertiary/aromatic N) is 3. The first kappa shape index (κ1) is 11.5. The summed E-state index contributed by atoms with van der Waals surface area (Å²) >= 11 is 0. The van der Waals surface area contributed by atoms with Gasteiger partial charge in [0.2, 0.25) is 5.89 Å². The van der Waals surface area contributed by atoms with Gasteiger partial charge in [-0.1, -0.05) is 19.0 Å². The molecule has 2 heterocycles. The van der Waals surface area contributed by atoms with E-state index in [4.69, 9.17) is 4.52 Å². The topological polar surface area (TPSA) is 54.2 Å². The van der Waals surface area contributed by atoms with E-state index in [1.807, 2.05) is 0 Å². The van der Waals surface area contributed by atoms with Crippen molar-refractivity contribution in [3.63, 3.8) is 0 Å². The lowest BCUT2D eigenvalue weighted by atomic mass is 10.1. The Morgan fingerprint density at radius 2 is 2.44 bits per heavy atom. The minimum absolute atomic E-state index is 0.246. The Morgan fingerprint density at radius 3 is 3.12 bits per heavy atom. The number of nitrogens with one attached hydrogen (secondary N) is 1. The molecular formula is C11H20N4O. The summed E-state index contributed by atoms with van der Waals surface area (Å²) in [5.74, 6) is 1.92. The lowest BCUT2D eigenvalue weighted by molar-refractivity contribution is 0.190. The lowest BCUT2D eigenvalue weighted by Gasteiger charge is -2.30. The Kier molecular flexibility index (Phi) is 3.56. The Bertz CT molecular complexity index is 338. The van der Waals surface area contributed by atoms with E-state index in [-0.39, 0.29) is 6.04 Å². The predicted octanol–water partition coefficient (Wildman–Crippen LogP) is 1.16. The number of hydrogen-bond acceptors (Lipinski definition) is 5. The summed E-state index contributed by atoms with van der Waals surface area (Å²) in [7, 11) is 2.10. The molecule has 0 saturated carbocycles. The molecule has 0 spiro atoms. The number of aromatic nitrogens is 2. The Hall–Kier alpha value is -0.940. The molecule has 0 bridgehead atoms. The Morgan fingerprint density at radius 1 is 1.62 bits per heavy atom. The zero-order valence-electron chi connectivity index (χ0n) is 10.2. The predicted molar refractivity (Wildman–Crippen MR) is 61.2 cm³/mol. The van der Waals surface area contributed by atoms with Crippen LogP contribution in [0.4, 0.5) is 0 Å². The molecule has 1 fully saturated rings. The monoisotopic (exact) mass is 224 g/mol. The van der Waals surface area contributed by atoms with Crippen LogP contribution in [0.5, 0.6) is 0 Å². The minimum atomic E-state index is 0.246. The van der Waals surface area contributed by atoms with E-state index in [2.05, 4.69) is 41.3 Å². The van der Waals surface area contributed by atoms with Gasteiger partial charge in [-0.15, -0.1) is 0 Å². The van der Waals surface area contributed by atoms with Crippen LogP contribution in [0.25, 0.3) is 0 Å². The van der Waals surface area contributed by atoms with Crippen LogP contribution in [0.15, 0.2) is 4.52 Å². The molecule has 0 radical (unpaired) electrons. The fourth-order valence-corrected chi connectivity index (χ4v) is 1.85. The highest BCUT2D eigenvalue weighted by Crippen LogP contribution is 2.21. The van der Waals surface area contributed by atoms with Gasteiger partial charge in [0.05, 0.1) is 6.04 Å². The molecule has 2 unspecified atom stereocenters. The van der Waals surface area contributed by atoms with E-state index in [0.717, 1.165) is 37.8 Å². The maximum absolute atomic E-state index is 5.30. The smallest absolute Gasteiger partial charge is 0.229 e. The highest BCUT2D eigenvalue weighted by molar-refractivity contribution is 4.99. The third kappa shape index (κ3) is 2.25. The number of hydrogen-bond donors (Lipinski definition) is 1. The second-order valence-corrected chi connectivity index (χ2v) is 4.50. The quantitative estimate of drug-likeness (QED) is 0.835. The lowest BCUT2D eigenvalue weighted by Crippen LogP contribution is -2.44. The Balaban J connectivity index is 2.11. The molecule has 2 atom stereocenters. The van der Waals surface area contributed by atoms with Crippen LogP contribution in [-0.4, -0.2) is 41.7 Å². The van der Waals surface area contributed by atoms with Crippen LogP contribution in [0.2, 0.25) is 0 Å². The molecule has 1 aromatic rings. The molecule has 5 nitrogen and oxygen atoms in total. The molecule has 16 heavy (non-hydrogen) atoms. The van der Waals surface area contributed by atoms with E-state index in [9.17, 15) is 0 Å². The first-order valence-corrected chi connectivity index (χ1v) is 5.96. The molecule has 0 amide bonds. The summed E-state index contributed by atoms with van der Waals surface area (Å²) in [6, 6.07) is 0.246. The third-order valence-corrected chi connectivity index (χ3v) is 3.30. The summed E-state index contributed by atoms with van der Waals surface area (Å²) in [5, 5.41) is 7.44. The number of piperazine rings is 1. The standard InChI is InChI=1S/C11H20N4O/c1-4-8(2)11-13-10(14-16-11)9-7-12-5-6-15(9)3/h8-9,12H,4-7H2,1-3H3. The van der Waals surface area contributed by atoms with E-state index < -0.39 is 0 Å². The van der Waals surface area contributed by atoms with Gasteiger partial charge < -0.3 is 9.84 Å². The highest BCUT2D eigenvalue weighted by Gasteiger charge is 2.25. The fourth-order valence-electron chi connectivity index (χ4n) is 1.85.